The van der Waals surface area contributed by atoms with Crippen LogP contribution in [-0.2, 0) is 11.2 Å². The summed E-state index contributed by atoms with van der Waals surface area (Å²) in [5.74, 6) is 0.583. The Balaban J connectivity index is 1.62. The summed E-state index contributed by atoms with van der Waals surface area (Å²) < 4.78 is 0. The predicted octanol–water partition coefficient (Wildman–Crippen LogP) is 3.92. The van der Waals surface area contributed by atoms with Gasteiger partial charge >= 0.3 is 0 Å². The van der Waals surface area contributed by atoms with Gasteiger partial charge in [-0.2, -0.15) is 0 Å². The molecule has 0 spiro atoms. The average Bonchev–Trinajstić information content (AvgIpc) is 3.24. The molecule has 2 amide bonds. The fourth-order valence-electron chi connectivity index (χ4n) is 4.76. The van der Waals surface area contributed by atoms with Gasteiger partial charge in [-0.1, -0.05) is 54.6 Å². The van der Waals surface area contributed by atoms with Crippen LogP contribution in [0.2, 0.25) is 0 Å². The fraction of sp³-hybridized carbons (Fsp3) is 0.333. The maximum atomic E-state index is 13.4. The minimum Gasteiger partial charge on any atom is -0.348 e. The van der Waals surface area contributed by atoms with Crippen molar-refractivity contribution in [2.24, 2.45) is 5.41 Å². The van der Waals surface area contributed by atoms with E-state index < -0.39 is 5.41 Å². The lowest BCUT2D eigenvalue weighted by Gasteiger charge is -2.31. The van der Waals surface area contributed by atoms with Gasteiger partial charge in [-0.05, 0) is 43.4 Å². The third-order valence-corrected chi connectivity index (χ3v) is 6.41. The summed E-state index contributed by atoms with van der Waals surface area (Å²) in [4.78, 5) is 38.6. The topological polar surface area (TPSA) is 66.4 Å². The zero-order valence-corrected chi connectivity index (χ0v) is 19.7. The number of hydrogen-bond acceptors (Lipinski definition) is 4. The second-order valence-corrected chi connectivity index (χ2v) is 9.12. The average molecular weight is 443 g/mol. The molecule has 1 fully saturated rings. The first-order valence-electron chi connectivity index (χ1n) is 11.2. The van der Waals surface area contributed by atoms with Crippen molar-refractivity contribution in [2.45, 2.75) is 26.7 Å². The van der Waals surface area contributed by atoms with Crippen LogP contribution in [0.25, 0.3) is 11.1 Å². The van der Waals surface area contributed by atoms with E-state index in [-0.39, 0.29) is 11.8 Å². The number of likely N-dealkylation sites (tertiary alicyclic amines) is 1. The van der Waals surface area contributed by atoms with Crippen LogP contribution in [0.15, 0.2) is 60.8 Å². The van der Waals surface area contributed by atoms with E-state index in [1.807, 2.05) is 31.2 Å². The van der Waals surface area contributed by atoms with E-state index in [4.69, 9.17) is 0 Å². The first-order chi connectivity index (χ1) is 15.8. The van der Waals surface area contributed by atoms with Gasteiger partial charge in [0.05, 0.1) is 16.7 Å². The highest BCUT2D eigenvalue weighted by Gasteiger charge is 2.47. The van der Waals surface area contributed by atoms with Crippen LogP contribution in [0, 0.1) is 19.3 Å². The van der Waals surface area contributed by atoms with Crippen molar-refractivity contribution in [2.75, 3.05) is 27.2 Å². The summed E-state index contributed by atoms with van der Waals surface area (Å²) in [6.07, 6.45) is 2.80. The van der Waals surface area contributed by atoms with Crippen LogP contribution in [0.4, 0.5) is 0 Å². The number of carbonyl (C=O) groups is 2. The summed E-state index contributed by atoms with van der Waals surface area (Å²) in [7, 11) is 3.57. The smallest absolute Gasteiger partial charge is 0.257 e. The molecule has 0 radical (unpaired) electrons. The molecule has 6 nitrogen and oxygen atoms in total. The Bertz CT molecular complexity index is 1180. The molecule has 1 saturated heterocycles. The number of hydrogen-bond donors (Lipinski definition) is 0. The van der Waals surface area contributed by atoms with Gasteiger partial charge in [0, 0.05) is 33.4 Å². The van der Waals surface area contributed by atoms with Gasteiger partial charge in [-0.25, -0.2) is 9.97 Å². The van der Waals surface area contributed by atoms with Gasteiger partial charge in [-0.3, -0.25) is 9.59 Å². The molecule has 1 unspecified atom stereocenters. The second-order valence-electron chi connectivity index (χ2n) is 9.12. The molecule has 0 saturated carbocycles. The molecule has 2 aromatic carbocycles. The number of nitrogens with zero attached hydrogens (tertiary/aromatic N) is 4. The summed E-state index contributed by atoms with van der Waals surface area (Å²) in [6.45, 7) is 4.54. The van der Waals surface area contributed by atoms with Crippen LogP contribution < -0.4 is 0 Å². The highest BCUT2D eigenvalue weighted by molar-refractivity contribution is 5.96. The van der Waals surface area contributed by atoms with Crippen molar-refractivity contribution in [3.8, 4) is 11.1 Å². The Morgan fingerprint density at radius 2 is 1.76 bits per heavy atom. The van der Waals surface area contributed by atoms with Crippen molar-refractivity contribution in [3.05, 3.63) is 83.4 Å². The maximum Gasteiger partial charge on any atom is 0.257 e. The van der Waals surface area contributed by atoms with Crippen molar-refractivity contribution in [1.29, 1.82) is 0 Å². The first kappa shape index (κ1) is 22.6. The van der Waals surface area contributed by atoms with Gasteiger partial charge in [0.25, 0.3) is 5.91 Å². The Morgan fingerprint density at radius 1 is 1.03 bits per heavy atom. The third-order valence-electron chi connectivity index (χ3n) is 6.41. The Kier molecular flexibility index (Phi) is 6.27. The molecule has 4 rings (SSSR count). The van der Waals surface area contributed by atoms with E-state index in [2.05, 4.69) is 40.3 Å². The molecule has 0 aliphatic carbocycles. The molecule has 1 atom stereocenters. The molecule has 1 aliphatic rings. The predicted molar refractivity (Wildman–Crippen MR) is 129 cm³/mol. The van der Waals surface area contributed by atoms with Gasteiger partial charge < -0.3 is 9.80 Å². The lowest BCUT2D eigenvalue weighted by atomic mass is 9.79. The largest absolute Gasteiger partial charge is 0.348 e. The number of benzene rings is 2. The molecule has 1 aliphatic heterocycles. The fourth-order valence-corrected chi connectivity index (χ4v) is 4.76. The van der Waals surface area contributed by atoms with Crippen LogP contribution in [0.1, 0.15) is 33.9 Å². The van der Waals surface area contributed by atoms with E-state index in [1.165, 1.54) is 0 Å². The molecular formula is C27H30N4O2. The number of aryl methyl sites for hydroxylation is 2. The minimum atomic E-state index is -0.659. The monoisotopic (exact) mass is 442 g/mol. The molecule has 3 aromatic rings. The summed E-state index contributed by atoms with van der Waals surface area (Å²) in [6, 6.07) is 18.6. The van der Waals surface area contributed by atoms with Crippen molar-refractivity contribution in [1.82, 2.24) is 19.8 Å². The Labute approximate surface area is 195 Å². The number of rotatable bonds is 5. The standard InChI is InChI=1S/C27H30N4O2/c1-19-24(17-28-20(2)29-19)25(32)31-14-13-27(18-31,26(33)30(3)4)16-21-9-8-12-23(15-21)22-10-6-5-7-11-22/h5-12,15,17H,13-14,16,18H2,1-4H3. The summed E-state index contributed by atoms with van der Waals surface area (Å²) in [5, 5.41) is 0. The number of aromatic nitrogens is 2. The summed E-state index contributed by atoms with van der Waals surface area (Å²) in [5.41, 5.74) is 3.87. The van der Waals surface area contributed by atoms with Gasteiger partial charge in [-0.15, -0.1) is 0 Å². The quantitative estimate of drug-likeness (QED) is 0.601. The number of amides is 2. The van der Waals surface area contributed by atoms with Crippen LogP contribution in [0.3, 0.4) is 0 Å². The Hall–Kier alpha value is -3.54. The molecular weight excluding hydrogens is 412 g/mol. The zero-order valence-electron chi connectivity index (χ0n) is 19.7. The maximum absolute atomic E-state index is 13.4. The molecule has 2 heterocycles. The number of carbonyl (C=O) groups excluding carboxylic acids is 2. The lowest BCUT2D eigenvalue weighted by molar-refractivity contribution is -0.138. The highest BCUT2D eigenvalue weighted by atomic mass is 16.2. The SMILES string of the molecule is Cc1ncc(C(=O)N2CCC(Cc3cccc(-c4ccccc4)c3)(C(=O)N(C)C)C2)c(C)n1. The molecule has 0 N–H and O–H groups in total. The zero-order chi connectivity index (χ0) is 23.6. The van der Waals surface area contributed by atoms with Gasteiger partial charge in [0.15, 0.2) is 0 Å². The minimum absolute atomic E-state index is 0.0554. The normalized spacial score (nSPS) is 17.8. The van der Waals surface area contributed by atoms with Gasteiger partial charge in [0.2, 0.25) is 5.91 Å². The molecule has 33 heavy (non-hydrogen) atoms. The highest BCUT2D eigenvalue weighted by Crippen LogP contribution is 2.37. The van der Waals surface area contributed by atoms with Crippen LogP contribution >= 0.6 is 0 Å². The van der Waals surface area contributed by atoms with E-state index in [0.717, 1.165) is 16.7 Å². The lowest BCUT2D eigenvalue weighted by Crippen LogP contribution is -2.44. The van der Waals surface area contributed by atoms with Crippen LogP contribution in [-0.4, -0.2) is 58.8 Å². The van der Waals surface area contributed by atoms with E-state index in [0.29, 0.717) is 43.0 Å². The molecule has 1 aromatic heterocycles. The van der Waals surface area contributed by atoms with E-state index in [1.54, 1.807) is 37.0 Å². The molecule has 170 valence electrons. The van der Waals surface area contributed by atoms with Crippen LogP contribution in [0.5, 0.6) is 0 Å². The van der Waals surface area contributed by atoms with E-state index >= 15 is 0 Å². The Morgan fingerprint density at radius 3 is 2.45 bits per heavy atom. The third kappa shape index (κ3) is 4.65. The molecule has 0 bridgehead atoms. The van der Waals surface area contributed by atoms with Crippen molar-refractivity contribution < 1.29 is 9.59 Å². The molecule has 6 heteroatoms. The van der Waals surface area contributed by atoms with Crippen molar-refractivity contribution in [3.63, 3.8) is 0 Å². The van der Waals surface area contributed by atoms with Gasteiger partial charge in [0.1, 0.15) is 5.82 Å². The van der Waals surface area contributed by atoms with Crippen molar-refractivity contribution >= 4 is 11.8 Å². The first-order valence-corrected chi connectivity index (χ1v) is 11.2. The van der Waals surface area contributed by atoms with E-state index in [9.17, 15) is 9.59 Å². The second kappa shape index (κ2) is 9.14. The summed E-state index contributed by atoms with van der Waals surface area (Å²) >= 11 is 0.